The maximum atomic E-state index is 12.9. The number of carbonyl (C=O) groups is 1. The Morgan fingerprint density at radius 2 is 1.66 bits per heavy atom. The zero-order valence-corrected chi connectivity index (χ0v) is 18.8. The van der Waals surface area contributed by atoms with Crippen LogP contribution in [0.5, 0.6) is 5.75 Å². The second-order valence-electron chi connectivity index (χ2n) is 7.87. The minimum atomic E-state index is -0.363. The third kappa shape index (κ3) is 4.62. The number of ether oxygens (including phenoxy) is 1. The third-order valence-corrected chi connectivity index (χ3v) is 5.64. The van der Waals surface area contributed by atoms with Crippen molar-refractivity contribution in [2.24, 2.45) is 0 Å². The van der Waals surface area contributed by atoms with Crippen LogP contribution in [-0.4, -0.2) is 52.9 Å². The molecule has 166 valence electrons. The van der Waals surface area contributed by atoms with Crippen molar-refractivity contribution >= 4 is 23.2 Å². The van der Waals surface area contributed by atoms with Crippen LogP contribution in [0.3, 0.4) is 0 Å². The van der Waals surface area contributed by atoms with E-state index in [0.29, 0.717) is 43.1 Å². The highest BCUT2D eigenvalue weighted by molar-refractivity contribution is 6.33. The van der Waals surface area contributed by atoms with E-state index in [9.17, 15) is 9.59 Å². The van der Waals surface area contributed by atoms with Crippen LogP contribution in [-0.2, 0) is 0 Å². The van der Waals surface area contributed by atoms with E-state index >= 15 is 0 Å². The van der Waals surface area contributed by atoms with Gasteiger partial charge in [0, 0.05) is 31.7 Å². The number of carbonyl (C=O) groups excluding carboxylic acids is 1. The summed E-state index contributed by atoms with van der Waals surface area (Å²) in [7, 11) is 0. The number of nitrogens with zero attached hydrogens (tertiary/aromatic N) is 4. The van der Waals surface area contributed by atoms with Gasteiger partial charge in [-0.15, -0.1) is 0 Å². The van der Waals surface area contributed by atoms with Crippen LogP contribution in [0, 0.1) is 0 Å². The van der Waals surface area contributed by atoms with Gasteiger partial charge >= 0.3 is 0 Å². The van der Waals surface area contributed by atoms with E-state index < -0.39 is 0 Å². The number of piperazine rings is 1. The van der Waals surface area contributed by atoms with Crippen molar-refractivity contribution in [2.75, 3.05) is 31.1 Å². The number of rotatable bonds is 5. The number of aromatic nitrogens is 2. The number of para-hydroxylation sites is 1. The molecule has 1 amide bonds. The molecule has 0 saturated carbocycles. The third-order valence-electron chi connectivity index (χ3n) is 5.28. The molecule has 0 spiro atoms. The molecule has 0 radical (unpaired) electrons. The number of hydrogen-bond acceptors (Lipinski definition) is 5. The van der Waals surface area contributed by atoms with Crippen molar-refractivity contribution in [3.05, 3.63) is 81.7 Å². The molecule has 3 aromatic rings. The highest BCUT2D eigenvalue weighted by Crippen LogP contribution is 2.24. The topological polar surface area (TPSA) is 67.7 Å². The molecule has 1 saturated heterocycles. The van der Waals surface area contributed by atoms with E-state index in [1.165, 1.54) is 4.68 Å². The minimum Gasteiger partial charge on any atom is -0.491 e. The van der Waals surface area contributed by atoms with Crippen molar-refractivity contribution in [1.82, 2.24) is 14.7 Å². The standard InChI is InChI=1S/C24H25ClN4O3/c1-17(2)32-20-10-8-18(9-11-20)23(30)28-14-12-27(13-15-28)21-16-26-29(24(31)22(21)25)19-6-4-3-5-7-19/h3-11,16-17H,12-15H2,1-2H3. The minimum absolute atomic E-state index is 0.0236. The molecule has 1 fully saturated rings. The highest BCUT2D eigenvalue weighted by atomic mass is 35.5. The maximum absolute atomic E-state index is 12.9. The van der Waals surface area contributed by atoms with Gasteiger partial charge in [0.05, 0.1) is 23.7 Å². The largest absolute Gasteiger partial charge is 0.491 e. The Morgan fingerprint density at radius 3 is 2.28 bits per heavy atom. The quantitative estimate of drug-likeness (QED) is 0.591. The summed E-state index contributed by atoms with van der Waals surface area (Å²) in [5, 5.41) is 4.43. The summed E-state index contributed by atoms with van der Waals surface area (Å²) in [6.45, 7) is 6.11. The van der Waals surface area contributed by atoms with Crippen LogP contribution < -0.4 is 15.2 Å². The number of anilines is 1. The van der Waals surface area contributed by atoms with Gasteiger partial charge in [-0.3, -0.25) is 9.59 Å². The normalized spacial score (nSPS) is 14.0. The Labute approximate surface area is 191 Å². The molecule has 7 nitrogen and oxygen atoms in total. The Morgan fingerprint density at radius 1 is 1.00 bits per heavy atom. The van der Waals surface area contributed by atoms with Gasteiger partial charge in [0.15, 0.2) is 0 Å². The highest BCUT2D eigenvalue weighted by Gasteiger charge is 2.25. The fourth-order valence-corrected chi connectivity index (χ4v) is 3.93. The molecule has 0 unspecified atom stereocenters. The van der Waals surface area contributed by atoms with Gasteiger partial charge in [-0.1, -0.05) is 29.8 Å². The first-order valence-electron chi connectivity index (χ1n) is 10.6. The summed E-state index contributed by atoms with van der Waals surface area (Å²) >= 11 is 6.42. The van der Waals surface area contributed by atoms with E-state index in [0.717, 1.165) is 5.75 Å². The fraction of sp³-hybridized carbons (Fsp3) is 0.292. The molecule has 2 heterocycles. The Bertz CT molecular complexity index is 1140. The lowest BCUT2D eigenvalue weighted by Crippen LogP contribution is -2.49. The van der Waals surface area contributed by atoms with E-state index in [2.05, 4.69) is 5.10 Å². The van der Waals surface area contributed by atoms with Crippen LogP contribution in [0.1, 0.15) is 24.2 Å². The molecule has 0 N–H and O–H groups in total. The molecule has 1 aromatic heterocycles. The summed E-state index contributed by atoms with van der Waals surface area (Å²) in [5.74, 6) is 0.721. The summed E-state index contributed by atoms with van der Waals surface area (Å²) in [5.41, 5.74) is 1.51. The van der Waals surface area contributed by atoms with Gasteiger partial charge < -0.3 is 14.5 Å². The van der Waals surface area contributed by atoms with Crippen molar-refractivity contribution < 1.29 is 9.53 Å². The molecule has 4 rings (SSSR count). The van der Waals surface area contributed by atoms with Gasteiger partial charge in [-0.2, -0.15) is 9.78 Å². The molecular formula is C24H25ClN4O3. The Hall–Kier alpha value is -3.32. The Kier molecular flexibility index (Phi) is 6.46. The molecule has 0 bridgehead atoms. The van der Waals surface area contributed by atoms with Crippen LogP contribution in [0.2, 0.25) is 5.02 Å². The van der Waals surface area contributed by atoms with Gasteiger partial charge in [-0.25, -0.2) is 0 Å². The first-order valence-corrected chi connectivity index (χ1v) is 11.0. The zero-order chi connectivity index (χ0) is 22.7. The molecule has 8 heteroatoms. The van der Waals surface area contributed by atoms with Crippen LogP contribution in [0.25, 0.3) is 5.69 Å². The number of amides is 1. The van der Waals surface area contributed by atoms with Gasteiger partial charge in [0.1, 0.15) is 10.8 Å². The zero-order valence-electron chi connectivity index (χ0n) is 18.1. The lowest BCUT2D eigenvalue weighted by atomic mass is 10.1. The van der Waals surface area contributed by atoms with Crippen LogP contribution in [0.4, 0.5) is 5.69 Å². The van der Waals surface area contributed by atoms with Gasteiger partial charge in [0.2, 0.25) is 0 Å². The van der Waals surface area contributed by atoms with Crippen LogP contribution in [0.15, 0.2) is 65.6 Å². The smallest absolute Gasteiger partial charge is 0.292 e. The average Bonchev–Trinajstić information content (AvgIpc) is 2.81. The first-order chi connectivity index (χ1) is 15.4. The predicted octanol–water partition coefficient (Wildman–Crippen LogP) is 3.64. The van der Waals surface area contributed by atoms with E-state index in [4.69, 9.17) is 16.3 Å². The Balaban J connectivity index is 1.43. The molecular weight excluding hydrogens is 428 g/mol. The van der Waals surface area contributed by atoms with E-state index in [1.54, 1.807) is 35.4 Å². The molecule has 2 aromatic carbocycles. The van der Waals surface area contributed by atoms with E-state index in [1.807, 2.05) is 49.1 Å². The van der Waals surface area contributed by atoms with Crippen molar-refractivity contribution in [3.8, 4) is 11.4 Å². The lowest BCUT2D eigenvalue weighted by Gasteiger charge is -2.36. The van der Waals surface area contributed by atoms with Crippen molar-refractivity contribution in [2.45, 2.75) is 20.0 Å². The monoisotopic (exact) mass is 452 g/mol. The van der Waals surface area contributed by atoms with E-state index in [-0.39, 0.29) is 22.6 Å². The summed E-state index contributed by atoms with van der Waals surface area (Å²) < 4.78 is 6.93. The second kappa shape index (κ2) is 9.44. The van der Waals surface area contributed by atoms with Crippen molar-refractivity contribution in [1.29, 1.82) is 0 Å². The second-order valence-corrected chi connectivity index (χ2v) is 8.24. The molecule has 0 atom stereocenters. The van der Waals surface area contributed by atoms with Gasteiger partial charge in [0.25, 0.3) is 11.5 Å². The summed E-state index contributed by atoms with van der Waals surface area (Å²) in [6.07, 6.45) is 1.70. The summed E-state index contributed by atoms with van der Waals surface area (Å²) in [4.78, 5) is 29.4. The van der Waals surface area contributed by atoms with Crippen LogP contribution >= 0.6 is 11.6 Å². The molecule has 0 aliphatic carbocycles. The first kappa shape index (κ1) is 21.9. The average molecular weight is 453 g/mol. The number of benzene rings is 2. The SMILES string of the molecule is CC(C)Oc1ccc(C(=O)N2CCN(c3cnn(-c4ccccc4)c(=O)c3Cl)CC2)cc1. The number of halogens is 1. The lowest BCUT2D eigenvalue weighted by molar-refractivity contribution is 0.0746. The summed E-state index contributed by atoms with van der Waals surface area (Å²) in [6, 6.07) is 16.4. The predicted molar refractivity (Wildman–Crippen MR) is 125 cm³/mol. The fourth-order valence-electron chi connectivity index (χ4n) is 3.68. The van der Waals surface area contributed by atoms with Crippen molar-refractivity contribution in [3.63, 3.8) is 0 Å². The molecule has 32 heavy (non-hydrogen) atoms. The maximum Gasteiger partial charge on any atom is 0.292 e. The number of hydrogen-bond donors (Lipinski definition) is 0. The van der Waals surface area contributed by atoms with Gasteiger partial charge in [-0.05, 0) is 50.2 Å². The molecule has 1 aliphatic rings. The molecule has 1 aliphatic heterocycles.